The molecule has 1 atom stereocenters. The summed E-state index contributed by atoms with van der Waals surface area (Å²) in [4.78, 5) is 13.6. The first-order chi connectivity index (χ1) is 19.6. The summed E-state index contributed by atoms with van der Waals surface area (Å²) in [7, 11) is -1.25. The molecule has 1 aliphatic rings. The molecule has 4 aromatic rings. The normalized spacial score (nSPS) is 14.4. The third kappa shape index (κ3) is 6.68. The zero-order chi connectivity index (χ0) is 29.3. The first-order valence-electron chi connectivity index (χ1n) is 14.4. The van der Waals surface area contributed by atoms with Crippen molar-refractivity contribution in [1.82, 2.24) is 19.2 Å². The smallest absolute Gasteiger partial charge is 0.340 e. The van der Waals surface area contributed by atoms with Crippen molar-refractivity contribution in [2.75, 3.05) is 18.5 Å². The van der Waals surface area contributed by atoms with E-state index < -0.39 is 8.07 Å². The quantitative estimate of drug-likeness (QED) is 0.105. The molecule has 1 fully saturated rings. The van der Waals surface area contributed by atoms with Gasteiger partial charge < -0.3 is 19.4 Å². The topological polar surface area (TPSA) is 82.7 Å². The molecule has 0 saturated heterocycles. The number of ether oxygens (including phenoxy) is 2. The van der Waals surface area contributed by atoms with Crippen LogP contribution in [0.25, 0.3) is 5.65 Å². The van der Waals surface area contributed by atoms with E-state index in [4.69, 9.17) is 21.1 Å². The van der Waals surface area contributed by atoms with Crippen molar-refractivity contribution in [3.63, 3.8) is 0 Å². The molecule has 10 heteroatoms. The monoisotopic (exact) mass is 593 g/mol. The highest BCUT2D eigenvalue weighted by Gasteiger charge is 2.36. The van der Waals surface area contributed by atoms with Crippen molar-refractivity contribution in [3.8, 4) is 0 Å². The van der Waals surface area contributed by atoms with Crippen molar-refractivity contribution in [2.45, 2.75) is 78.0 Å². The van der Waals surface area contributed by atoms with Crippen molar-refractivity contribution < 1.29 is 14.3 Å². The third-order valence-electron chi connectivity index (χ3n) is 7.52. The van der Waals surface area contributed by atoms with Crippen LogP contribution in [0.5, 0.6) is 0 Å². The first-order valence-corrected chi connectivity index (χ1v) is 18.5. The zero-order valence-corrected chi connectivity index (χ0v) is 26.6. The van der Waals surface area contributed by atoms with E-state index in [0.29, 0.717) is 36.4 Å². The van der Waals surface area contributed by atoms with Gasteiger partial charge in [0.15, 0.2) is 5.65 Å². The Morgan fingerprint density at radius 3 is 2.54 bits per heavy atom. The maximum Gasteiger partial charge on any atom is 0.340 e. The number of esters is 1. The predicted octanol–water partition coefficient (Wildman–Crippen LogP) is 7.37. The Balaban J connectivity index is 1.64. The van der Waals surface area contributed by atoms with Crippen LogP contribution < -0.4 is 5.32 Å². The summed E-state index contributed by atoms with van der Waals surface area (Å²) < 4.78 is 16.0. The van der Waals surface area contributed by atoms with E-state index in [1.165, 1.54) is 0 Å². The number of benzene rings is 1. The Morgan fingerprint density at radius 1 is 1.15 bits per heavy atom. The average Bonchev–Trinajstić information content (AvgIpc) is 3.59. The number of halogens is 1. The fourth-order valence-corrected chi connectivity index (χ4v) is 6.04. The molecule has 0 radical (unpaired) electrons. The van der Waals surface area contributed by atoms with E-state index in [1.54, 1.807) is 0 Å². The number of rotatable bonds is 12. The van der Waals surface area contributed by atoms with Crippen LogP contribution in [0.15, 0.2) is 42.7 Å². The molecule has 0 spiro atoms. The minimum Gasteiger partial charge on any atom is -0.462 e. The van der Waals surface area contributed by atoms with E-state index in [1.807, 2.05) is 55.6 Å². The number of nitrogens with zero attached hydrogens (tertiary/aromatic N) is 4. The Morgan fingerprint density at radius 2 is 1.88 bits per heavy atom. The second kappa shape index (κ2) is 12.0. The third-order valence-corrected chi connectivity index (χ3v) is 9.48. The first kappa shape index (κ1) is 29.4. The summed E-state index contributed by atoms with van der Waals surface area (Å²) in [6, 6.07) is 10.5. The van der Waals surface area contributed by atoms with Gasteiger partial charge >= 0.3 is 5.97 Å². The van der Waals surface area contributed by atoms with E-state index >= 15 is 0 Å². The number of carbonyl (C=O) groups is 1. The van der Waals surface area contributed by atoms with Crippen molar-refractivity contribution in [3.05, 3.63) is 81.5 Å². The number of fused-ring (bicyclic) bond motifs is 1. The number of pyridine rings is 1. The van der Waals surface area contributed by atoms with Crippen molar-refractivity contribution in [1.29, 1.82) is 0 Å². The second-order valence-corrected chi connectivity index (χ2v) is 18.2. The van der Waals surface area contributed by atoms with Crippen LogP contribution in [-0.4, -0.2) is 46.4 Å². The van der Waals surface area contributed by atoms with Crippen LogP contribution >= 0.6 is 11.6 Å². The molecule has 0 aliphatic heterocycles. The van der Waals surface area contributed by atoms with Crippen LogP contribution in [-0.2, 0) is 16.2 Å². The van der Waals surface area contributed by atoms with E-state index in [0.717, 1.165) is 58.4 Å². The Hall–Kier alpha value is -3.14. The van der Waals surface area contributed by atoms with Crippen LogP contribution in [0, 0.1) is 13.8 Å². The van der Waals surface area contributed by atoms with Gasteiger partial charge in [-0.3, -0.25) is 4.40 Å². The molecule has 1 unspecified atom stereocenters. The molecule has 0 amide bonds. The van der Waals surface area contributed by atoms with Gasteiger partial charge in [-0.2, -0.15) is 0 Å². The number of aryl methyl sites for hydroxylation is 2. The number of anilines is 1. The maximum atomic E-state index is 13.6. The summed E-state index contributed by atoms with van der Waals surface area (Å²) in [5, 5.41) is 13.0. The number of hydrogen-bond acceptors (Lipinski definition) is 6. The van der Waals surface area contributed by atoms with Gasteiger partial charge in [-0.05, 0) is 80.5 Å². The molecule has 8 nitrogen and oxygen atoms in total. The molecular formula is C31H40ClN5O3Si. The van der Waals surface area contributed by atoms with Crippen molar-refractivity contribution in [2.24, 2.45) is 0 Å². The molecule has 3 aromatic heterocycles. The standard InChI is InChI=1S/C31H40ClN5O3Si/c1-7-40-31(38)27-26(22-8-9-22)18-36(19-39-14-15-41(4,5)6)29(27)28(23-10-12-24(32)13-11-23)33-25-16-20(2)30-35-34-21(3)37(30)17-25/h10-13,16-18,22,28,33H,7-9,14-15,19H2,1-6H3. The van der Waals surface area contributed by atoms with Gasteiger partial charge in [0.05, 0.1) is 29.6 Å². The number of aromatic nitrogens is 4. The maximum absolute atomic E-state index is 13.6. The fourth-order valence-electron chi connectivity index (χ4n) is 5.16. The lowest BCUT2D eigenvalue weighted by Gasteiger charge is -2.25. The summed E-state index contributed by atoms with van der Waals surface area (Å²) in [6.07, 6.45) is 6.24. The van der Waals surface area contributed by atoms with Gasteiger partial charge in [0.25, 0.3) is 0 Å². The van der Waals surface area contributed by atoms with E-state index in [2.05, 4.69) is 52.0 Å². The average molecular weight is 594 g/mol. The Kier molecular flexibility index (Phi) is 8.59. The van der Waals surface area contributed by atoms with E-state index in [9.17, 15) is 4.79 Å². The highest BCUT2D eigenvalue weighted by Crippen LogP contribution is 2.45. The molecule has 0 bridgehead atoms. The van der Waals surface area contributed by atoms with Crippen LogP contribution in [0.2, 0.25) is 30.7 Å². The van der Waals surface area contributed by atoms with Crippen LogP contribution in [0.1, 0.15) is 70.3 Å². The molecule has 3 heterocycles. The Labute approximate surface area is 248 Å². The molecule has 41 heavy (non-hydrogen) atoms. The number of carbonyl (C=O) groups excluding carboxylic acids is 1. The van der Waals surface area contributed by atoms with Gasteiger partial charge in [-0.15, -0.1) is 10.2 Å². The Bertz CT molecular complexity index is 1540. The highest BCUT2D eigenvalue weighted by molar-refractivity contribution is 6.76. The second-order valence-electron chi connectivity index (χ2n) is 12.1. The minimum atomic E-state index is -1.25. The van der Waals surface area contributed by atoms with E-state index in [-0.39, 0.29) is 12.0 Å². The zero-order valence-electron chi connectivity index (χ0n) is 24.8. The van der Waals surface area contributed by atoms with Crippen LogP contribution in [0.4, 0.5) is 5.69 Å². The predicted molar refractivity (Wildman–Crippen MR) is 166 cm³/mol. The lowest BCUT2D eigenvalue weighted by atomic mass is 9.97. The molecule has 1 saturated carbocycles. The van der Waals surface area contributed by atoms with Gasteiger partial charge in [-0.1, -0.05) is 43.4 Å². The van der Waals surface area contributed by atoms with Gasteiger partial charge in [0, 0.05) is 32.1 Å². The largest absolute Gasteiger partial charge is 0.462 e. The molecule has 5 rings (SSSR count). The fraction of sp³-hybridized carbons (Fsp3) is 0.452. The molecular weight excluding hydrogens is 554 g/mol. The summed E-state index contributed by atoms with van der Waals surface area (Å²) >= 11 is 6.31. The van der Waals surface area contributed by atoms with Gasteiger partial charge in [0.2, 0.25) is 0 Å². The molecule has 1 aliphatic carbocycles. The lowest BCUT2D eigenvalue weighted by Crippen LogP contribution is -2.23. The van der Waals surface area contributed by atoms with Gasteiger partial charge in [-0.25, -0.2) is 4.79 Å². The minimum absolute atomic E-state index is 0.299. The molecule has 218 valence electrons. The molecule has 1 N–H and O–H groups in total. The highest BCUT2D eigenvalue weighted by atomic mass is 35.5. The van der Waals surface area contributed by atoms with Crippen LogP contribution in [0.3, 0.4) is 0 Å². The molecule has 1 aromatic carbocycles. The number of hydrogen-bond donors (Lipinski definition) is 1. The summed E-state index contributed by atoms with van der Waals surface area (Å²) in [5.74, 6) is 0.852. The summed E-state index contributed by atoms with van der Waals surface area (Å²) in [5.41, 5.74) is 6.18. The summed E-state index contributed by atoms with van der Waals surface area (Å²) in [6.45, 7) is 14.2. The van der Waals surface area contributed by atoms with Crippen molar-refractivity contribution >= 4 is 37.0 Å². The lowest BCUT2D eigenvalue weighted by molar-refractivity contribution is 0.0521. The number of nitrogens with one attached hydrogen (secondary N) is 1. The van der Waals surface area contributed by atoms with Gasteiger partial charge in [0.1, 0.15) is 12.6 Å². The SMILES string of the molecule is CCOC(=O)c1c(C2CC2)cn(COCC[Si](C)(C)C)c1C(Nc1cc(C)c2nnc(C)n2c1)c1ccc(Cl)cc1.